The van der Waals surface area contributed by atoms with Crippen LogP contribution in [0.2, 0.25) is 0 Å². The van der Waals surface area contributed by atoms with Crippen LogP contribution in [-0.4, -0.2) is 81.8 Å². The Labute approximate surface area is 280 Å². The minimum atomic E-state index is -1.39. The van der Waals surface area contributed by atoms with Crippen LogP contribution in [0, 0.1) is 0 Å². The van der Waals surface area contributed by atoms with Gasteiger partial charge in [0.05, 0.1) is 17.2 Å². The number of hydrogen-bond donors (Lipinski definition) is 9. The quantitative estimate of drug-likeness (QED) is 0.0849. The molecule has 3 aliphatic rings. The fourth-order valence-electron chi connectivity index (χ4n) is 6.41. The van der Waals surface area contributed by atoms with Crippen LogP contribution in [0.5, 0.6) is 57.5 Å². The van der Waals surface area contributed by atoms with Gasteiger partial charge in [-0.2, -0.15) is 0 Å². The number of carbonyl (C=O) groups is 3. The van der Waals surface area contributed by atoms with Gasteiger partial charge in [0, 0.05) is 59.4 Å². The van der Waals surface area contributed by atoms with Crippen LogP contribution in [0.25, 0.3) is 5.57 Å². The van der Waals surface area contributed by atoms with E-state index in [4.69, 9.17) is 14.2 Å². The van der Waals surface area contributed by atoms with Gasteiger partial charge in [-0.25, -0.2) is 4.79 Å². The summed E-state index contributed by atoms with van der Waals surface area (Å²) in [6, 6.07) is 8.61. The van der Waals surface area contributed by atoms with Crippen molar-refractivity contribution in [3.05, 3.63) is 88.0 Å². The molecule has 4 aromatic carbocycles. The van der Waals surface area contributed by atoms with Crippen molar-refractivity contribution in [2.45, 2.75) is 37.3 Å². The number of ketones is 2. The lowest BCUT2D eigenvalue weighted by atomic mass is 9.80. The summed E-state index contributed by atoms with van der Waals surface area (Å²) in [4.78, 5) is 39.2. The molecule has 0 fully saturated rings. The average Bonchev–Trinajstić information content (AvgIpc) is 3.05. The summed E-state index contributed by atoms with van der Waals surface area (Å²) in [7, 11) is 0. The van der Waals surface area contributed by atoms with Gasteiger partial charge in [-0.1, -0.05) is 0 Å². The van der Waals surface area contributed by atoms with E-state index in [1.54, 1.807) is 0 Å². The SMILES string of the molecule is O=C1C=C([C@@H]2Oc3cc(O)cc(O)c3C[C@H]2O)c2cc([C@@H]3Oc4cc(O)cc(O)c4C[C@H]3OC(=O)c3cc(O)c(O)c(O)c3)cc(O)c2C1=O. The van der Waals surface area contributed by atoms with E-state index < -0.39 is 76.3 Å². The van der Waals surface area contributed by atoms with Crippen LogP contribution in [-0.2, 0) is 22.4 Å². The maximum absolute atomic E-state index is 13.3. The van der Waals surface area contributed by atoms with E-state index in [2.05, 4.69) is 0 Å². The molecule has 7 rings (SSSR count). The second-order valence-corrected chi connectivity index (χ2v) is 12.0. The van der Waals surface area contributed by atoms with Gasteiger partial charge < -0.3 is 60.2 Å². The lowest BCUT2D eigenvalue weighted by Crippen LogP contribution is -2.40. The van der Waals surface area contributed by atoms with Crippen LogP contribution in [0.1, 0.15) is 49.1 Å². The summed E-state index contributed by atoms with van der Waals surface area (Å²) in [5.74, 6) is -7.88. The van der Waals surface area contributed by atoms with Crippen molar-refractivity contribution in [2.75, 3.05) is 0 Å². The van der Waals surface area contributed by atoms with Crippen molar-refractivity contribution >= 4 is 23.1 Å². The Kier molecular flexibility index (Phi) is 7.37. The number of aromatic hydroxyl groups is 8. The van der Waals surface area contributed by atoms with Crippen molar-refractivity contribution in [1.29, 1.82) is 0 Å². The van der Waals surface area contributed by atoms with Gasteiger partial charge in [-0.05, 0) is 35.9 Å². The monoisotopic (exact) mass is 686 g/mol. The molecule has 0 saturated carbocycles. The number of phenolic OH excluding ortho intramolecular Hbond substituents is 8. The van der Waals surface area contributed by atoms with Gasteiger partial charge in [0.1, 0.15) is 46.4 Å². The molecule has 4 atom stereocenters. The molecular formula is C35H26O15. The number of rotatable bonds is 4. The van der Waals surface area contributed by atoms with Gasteiger partial charge in [-0.15, -0.1) is 0 Å². The van der Waals surface area contributed by atoms with Gasteiger partial charge in [0.15, 0.2) is 29.5 Å². The minimum Gasteiger partial charge on any atom is -0.508 e. The largest absolute Gasteiger partial charge is 0.508 e. The molecule has 15 nitrogen and oxygen atoms in total. The smallest absolute Gasteiger partial charge is 0.338 e. The average molecular weight is 687 g/mol. The van der Waals surface area contributed by atoms with Gasteiger partial charge >= 0.3 is 5.97 Å². The second kappa shape index (κ2) is 11.5. The Hall–Kier alpha value is -6.61. The van der Waals surface area contributed by atoms with Crippen LogP contribution in [0.4, 0.5) is 0 Å². The van der Waals surface area contributed by atoms with E-state index in [0.29, 0.717) is 0 Å². The molecule has 0 amide bonds. The highest BCUT2D eigenvalue weighted by Gasteiger charge is 2.42. The molecule has 0 aromatic heterocycles. The molecule has 0 spiro atoms. The molecule has 2 aliphatic heterocycles. The number of esters is 1. The number of benzene rings is 4. The Bertz CT molecular complexity index is 2160. The van der Waals surface area contributed by atoms with Crippen LogP contribution in [0.15, 0.2) is 54.6 Å². The number of aliphatic hydroxyl groups is 1. The zero-order valence-electron chi connectivity index (χ0n) is 25.4. The number of Topliss-reactive ketones (excluding diaryl/α,β-unsaturated/α-hetero) is 1. The number of aliphatic hydroxyl groups excluding tert-OH is 1. The summed E-state index contributed by atoms with van der Waals surface area (Å²) in [5, 5.41) is 92.9. The highest BCUT2D eigenvalue weighted by atomic mass is 16.6. The van der Waals surface area contributed by atoms with E-state index in [9.17, 15) is 60.3 Å². The number of phenols is 8. The van der Waals surface area contributed by atoms with Gasteiger partial charge in [0.25, 0.3) is 0 Å². The molecule has 0 bridgehead atoms. The minimum absolute atomic E-state index is 0.00454. The highest BCUT2D eigenvalue weighted by Crippen LogP contribution is 2.47. The molecule has 1 aliphatic carbocycles. The van der Waals surface area contributed by atoms with E-state index in [1.165, 1.54) is 18.2 Å². The number of hydrogen-bond acceptors (Lipinski definition) is 15. The third kappa shape index (κ3) is 5.25. The molecule has 50 heavy (non-hydrogen) atoms. The van der Waals surface area contributed by atoms with Crippen molar-refractivity contribution in [3.63, 3.8) is 0 Å². The summed E-state index contributed by atoms with van der Waals surface area (Å²) in [5.41, 5.74) is -0.542. The van der Waals surface area contributed by atoms with Crippen LogP contribution in [0.3, 0.4) is 0 Å². The fraction of sp³-hybridized carbons (Fsp3) is 0.171. The first kappa shape index (κ1) is 32.0. The Balaban J connectivity index is 1.32. The van der Waals surface area contributed by atoms with E-state index in [1.807, 2.05) is 0 Å². The number of carbonyl (C=O) groups excluding carboxylic acids is 3. The van der Waals surface area contributed by atoms with E-state index in [0.717, 1.165) is 36.4 Å². The summed E-state index contributed by atoms with van der Waals surface area (Å²) < 4.78 is 17.8. The molecule has 0 saturated heterocycles. The first-order chi connectivity index (χ1) is 23.7. The van der Waals surface area contributed by atoms with Crippen molar-refractivity contribution in [3.8, 4) is 57.5 Å². The third-order valence-electron chi connectivity index (χ3n) is 8.74. The first-order valence-corrected chi connectivity index (χ1v) is 14.9. The summed E-state index contributed by atoms with van der Waals surface area (Å²) in [6.07, 6.45) is -4.89. The van der Waals surface area contributed by atoms with E-state index in [-0.39, 0.29) is 75.0 Å². The fourth-order valence-corrected chi connectivity index (χ4v) is 6.41. The maximum Gasteiger partial charge on any atom is 0.338 e. The van der Waals surface area contributed by atoms with E-state index >= 15 is 0 Å². The molecule has 9 N–H and O–H groups in total. The third-order valence-corrected chi connectivity index (χ3v) is 8.74. The van der Waals surface area contributed by atoms with Crippen molar-refractivity contribution in [1.82, 2.24) is 0 Å². The topological polar surface area (TPSA) is 261 Å². The zero-order chi connectivity index (χ0) is 35.8. The predicted octanol–water partition coefficient (Wildman–Crippen LogP) is 2.75. The second-order valence-electron chi connectivity index (χ2n) is 12.0. The van der Waals surface area contributed by atoms with Crippen LogP contribution >= 0.6 is 0 Å². The Morgan fingerprint density at radius 1 is 0.680 bits per heavy atom. The number of allylic oxidation sites excluding steroid dienone is 1. The van der Waals surface area contributed by atoms with Crippen molar-refractivity contribution in [2.24, 2.45) is 0 Å². The van der Waals surface area contributed by atoms with Gasteiger partial charge in [0.2, 0.25) is 11.6 Å². The van der Waals surface area contributed by atoms with Crippen molar-refractivity contribution < 1.29 is 74.6 Å². The Morgan fingerprint density at radius 2 is 1.26 bits per heavy atom. The lowest BCUT2D eigenvalue weighted by Gasteiger charge is -2.36. The molecule has 256 valence electrons. The highest BCUT2D eigenvalue weighted by molar-refractivity contribution is 6.51. The molecule has 2 heterocycles. The van der Waals surface area contributed by atoms with Crippen LogP contribution < -0.4 is 9.47 Å². The van der Waals surface area contributed by atoms with Gasteiger partial charge in [-0.3, -0.25) is 9.59 Å². The molecule has 0 unspecified atom stereocenters. The number of ether oxygens (including phenoxy) is 3. The predicted molar refractivity (Wildman–Crippen MR) is 167 cm³/mol. The number of fused-ring (bicyclic) bond motifs is 3. The standard InChI is InChI=1S/C35H26O15/c36-14-5-20(38)18-10-26(44)34(49-27(18)7-14)17-9-25(43)32(46)30-16(17)1-12(2-22(30)40)33-29(11-19-21(39)6-15(37)8-28(19)48-33)50-35(47)13-3-23(41)31(45)24(42)4-13/h1-9,26,29,33-34,36-42,44-45H,10-11H2/t26-,29-,33+,34+/m1/s1. The Morgan fingerprint density at radius 3 is 1.88 bits per heavy atom. The molecule has 0 radical (unpaired) electrons. The first-order valence-electron chi connectivity index (χ1n) is 14.9. The normalized spacial score (nSPS) is 20.8. The maximum atomic E-state index is 13.3. The zero-order valence-corrected chi connectivity index (χ0v) is 25.4. The lowest BCUT2D eigenvalue weighted by molar-refractivity contribution is -0.111. The summed E-state index contributed by atoms with van der Waals surface area (Å²) in [6.45, 7) is 0. The summed E-state index contributed by atoms with van der Waals surface area (Å²) >= 11 is 0. The molecule has 4 aromatic rings. The molecule has 15 heteroatoms. The molecular weight excluding hydrogens is 660 g/mol.